The quantitative estimate of drug-likeness (QED) is 0.865. The van der Waals surface area contributed by atoms with Gasteiger partial charge in [-0.1, -0.05) is 29.8 Å². The molecule has 1 N–H and O–H groups in total. The Kier molecular flexibility index (Phi) is 4.05. The second-order valence-electron chi connectivity index (χ2n) is 4.65. The van der Waals surface area contributed by atoms with Gasteiger partial charge in [-0.05, 0) is 61.3 Å². The Labute approximate surface area is 114 Å². The fourth-order valence-corrected chi connectivity index (χ4v) is 2.38. The van der Waals surface area contributed by atoms with E-state index in [1.807, 2.05) is 13.1 Å². The molecule has 0 aromatic heterocycles. The van der Waals surface area contributed by atoms with Gasteiger partial charge in [-0.2, -0.15) is 0 Å². The number of halogens is 1. The lowest BCUT2D eigenvalue weighted by Gasteiger charge is -2.10. The van der Waals surface area contributed by atoms with Crippen LogP contribution in [0.3, 0.4) is 0 Å². The van der Waals surface area contributed by atoms with Crippen molar-refractivity contribution in [3.63, 3.8) is 0 Å². The summed E-state index contributed by atoms with van der Waals surface area (Å²) in [6.45, 7) is 5.07. The molecule has 1 nitrogen and oxygen atoms in total. The lowest BCUT2D eigenvalue weighted by Crippen LogP contribution is -2.04. The SMILES string of the molecule is CNCc1cccc(-c2cc(C)c(C)cc2Cl)c1. The molecule has 0 amide bonds. The van der Waals surface area contributed by atoms with Crippen molar-refractivity contribution in [2.24, 2.45) is 0 Å². The van der Waals surface area contributed by atoms with E-state index in [-0.39, 0.29) is 0 Å². The molecular weight excluding hydrogens is 242 g/mol. The van der Waals surface area contributed by atoms with Gasteiger partial charge in [0.15, 0.2) is 0 Å². The second kappa shape index (κ2) is 5.55. The van der Waals surface area contributed by atoms with Crippen molar-refractivity contribution in [2.75, 3.05) is 7.05 Å². The second-order valence-corrected chi connectivity index (χ2v) is 5.05. The van der Waals surface area contributed by atoms with E-state index in [0.717, 1.165) is 17.1 Å². The predicted molar refractivity (Wildman–Crippen MR) is 79.1 cm³/mol. The van der Waals surface area contributed by atoms with Gasteiger partial charge in [-0.3, -0.25) is 0 Å². The fourth-order valence-electron chi connectivity index (χ4n) is 2.06. The van der Waals surface area contributed by atoms with E-state index in [2.05, 4.69) is 49.5 Å². The normalized spacial score (nSPS) is 10.7. The van der Waals surface area contributed by atoms with Crippen LogP contribution >= 0.6 is 11.6 Å². The predicted octanol–water partition coefficient (Wildman–Crippen LogP) is 4.34. The summed E-state index contributed by atoms with van der Waals surface area (Å²) in [4.78, 5) is 0. The Morgan fingerprint density at radius 2 is 1.78 bits per heavy atom. The van der Waals surface area contributed by atoms with Gasteiger partial charge in [0.05, 0.1) is 0 Å². The zero-order valence-corrected chi connectivity index (χ0v) is 11.8. The molecule has 2 aromatic carbocycles. The maximum atomic E-state index is 6.35. The van der Waals surface area contributed by atoms with Gasteiger partial charge >= 0.3 is 0 Å². The minimum atomic E-state index is 0.819. The maximum absolute atomic E-state index is 6.35. The number of nitrogens with one attached hydrogen (secondary N) is 1. The summed E-state index contributed by atoms with van der Waals surface area (Å²) in [7, 11) is 1.95. The van der Waals surface area contributed by atoms with Gasteiger partial charge in [0.2, 0.25) is 0 Å². The van der Waals surface area contributed by atoms with Gasteiger partial charge < -0.3 is 5.32 Å². The van der Waals surface area contributed by atoms with Gasteiger partial charge in [-0.25, -0.2) is 0 Å². The number of rotatable bonds is 3. The zero-order valence-electron chi connectivity index (χ0n) is 11.0. The van der Waals surface area contributed by atoms with Crippen LogP contribution in [-0.2, 0) is 6.54 Å². The highest BCUT2D eigenvalue weighted by atomic mass is 35.5. The van der Waals surface area contributed by atoms with Crippen molar-refractivity contribution >= 4 is 11.6 Å². The molecule has 2 aromatic rings. The van der Waals surface area contributed by atoms with Crippen LogP contribution in [0.25, 0.3) is 11.1 Å². The van der Waals surface area contributed by atoms with Crippen LogP contribution < -0.4 is 5.32 Å². The Bertz CT molecular complexity index is 561. The third-order valence-electron chi connectivity index (χ3n) is 3.20. The summed E-state index contributed by atoms with van der Waals surface area (Å²) in [6, 6.07) is 12.7. The van der Waals surface area contributed by atoms with E-state index in [1.54, 1.807) is 0 Å². The van der Waals surface area contributed by atoms with Gasteiger partial charge in [0.25, 0.3) is 0 Å². The minimum Gasteiger partial charge on any atom is -0.316 e. The van der Waals surface area contributed by atoms with E-state index >= 15 is 0 Å². The highest BCUT2D eigenvalue weighted by Crippen LogP contribution is 2.30. The molecule has 0 saturated heterocycles. The summed E-state index contributed by atoms with van der Waals surface area (Å²) in [5.41, 5.74) is 6.06. The molecule has 0 unspecified atom stereocenters. The fraction of sp³-hybridized carbons (Fsp3) is 0.250. The topological polar surface area (TPSA) is 12.0 Å². The van der Waals surface area contributed by atoms with Crippen LogP contribution in [0.1, 0.15) is 16.7 Å². The molecule has 0 heterocycles. The summed E-state index contributed by atoms with van der Waals surface area (Å²) in [6.07, 6.45) is 0. The lowest BCUT2D eigenvalue weighted by atomic mass is 9.99. The van der Waals surface area contributed by atoms with Gasteiger partial charge in [0.1, 0.15) is 0 Å². The number of hydrogen-bond acceptors (Lipinski definition) is 1. The van der Waals surface area contributed by atoms with Crippen LogP contribution in [0.2, 0.25) is 5.02 Å². The summed E-state index contributed by atoms with van der Waals surface area (Å²) >= 11 is 6.35. The lowest BCUT2D eigenvalue weighted by molar-refractivity contribution is 0.818. The largest absolute Gasteiger partial charge is 0.316 e. The Hall–Kier alpha value is -1.31. The number of benzene rings is 2. The molecule has 2 rings (SSSR count). The Morgan fingerprint density at radius 1 is 1.06 bits per heavy atom. The molecule has 18 heavy (non-hydrogen) atoms. The van der Waals surface area contributed by atoms with E-state index in [0.29, 0.717) is 0 Å². The van der Waals surface area contributed by atoms with Crippen LogP contribution in [0, 0.1) is 13.8 Å². The average molecular weight is 260 g/mol. The van der Waals surface area contributed by atoms with Crippen molar-refractivity contribution < 1.29 is 0 Å². The van der Waals surface area contributed by atoms with Gasteiger partial charge in [0, 0.05) is 17.1 Å². The first-order chi connectivity index (χ1) is 8.61. The number of hydrogen-bond donors (Lipinski definition) is 1. The first-order valence-corrected chi connectivity index (χ1v) is 6.50. The molecule has 0 atom stereocenters. The summed E-state index contributed by atoms with van der Waals surface area (Å²) in [5, 5.41) is 3.98. The van der Waals surface area contributed by atoms with Gasteiger partial charge in [-0.15, -0.1) is 0 Å². The molecule has 0 aliphatic carbocycles. The summed E-state index contributed by atoms with van der Waals surface area (Å²) < 4.78 is 0. The first-order valence-electron chi connectivity index (χ1n) is 6.12. The van der Waals surface area contributed by atoms with Crippen LogP contribution in [-0.4, -0.2) is 7.05 Å². The maximum Gasteiger partial charge on any atom is 0.0487 e. The van der Waals surface area contributed by atoms with Crippen molar-refractivity contribution in [2.45, 2.75) is 20.4 Å². The molecule has 94 valence electrons. The highest BCUT2D eigenvalue weighted by molar-refractivity contribution is 6.33. The van der Waals surface area contributed by atoms with Crippen molar-refractivity contribution in [3.05, 3.63) is 58.1 Å². The Morgan fingerprint density at radius 3 is 2.50 bits per heavy atom. The third-order valence-corrected chi connectivity index (χ3v) is 3.51. The molecule has 0 radical (unpaired) electrons. The number of aryl methyl sites for hydroxylation is 2. The van der Waals surface area contributed by atoms with Crippen LogP contribution in [0.4, 0.5) is 0 Å². The first kappa shape index (κ1) is 13.1. The van der Waals surface area contributed by atoms with Crippen LogP contribution in [0.5, 0.6) is 0 Å². The molecule has 0 bridgehead atoms. The highest BCUT2D eigenvalue weighted by Gasteiger charge is 2.06. The molecule has 0 aliphatic heterocycles. The van der Waals surface area contributed by atoms with E-state index < -0.39 is 0 Å². The van der Waals surface area contributed by atoms with E-state index in [4.69, 9.17) is 11.6 Å². The van der Waals surface area contributed by atoms with Crippen molar-refractivity contribution in [1.29, 1.82) is 0 Å². The zero-order chi connectivity index (χ0) is 13.1. The monoisotopic (exact) mass is 259 g/mol. The molecular formula is C16H18ClN. The van der Waals surface area contributed by atoms with Crippen molar-refractivity contribution in [1.82, 2.24) is 5.32 Å². The van der Waals surface area contributed by atoms with E-state index in [9.17, 15) is 0 Å². The van der Waals surface area contributed by atoms with Crippen molar-refractivity contribution in [3.8, 4) is 11.1 Å². The van der Waals surface area contributed by atoms with E-state index in [1.165, 1.54) is 22.3 Å². The molecule has 0 saturated carbocycles. The minimum absolute atomic E-state index is 0.819. The average Bonchev–Trinajstić information content (AvgIpc) is 2.34. The Balaban J connectivity index is 2.48. The third kappa shape index (κ3) is 2.74. The molecule has 0 fully saturated rings. The molecule has 0 aliphatic rings. The smallest absolute Gasteiger partial charge is 0.0487 e. The molecule has 2 heteroatoms. The molecule has 0 spiro atoms. The standard InChI is InChI=1S/C16H18ClN/c1-11-7-15(16(17)8-12(11)2)14-6-4-5-13(9-14)10-18-3/h4-9,18H,10H2,1-3H3. The van der Waals surface area contributed by atoms with Crippen LogP contribution in [0.15, 0.2) is 36.4 Å². The summed E-state index contributed by atoms with van der Waals surface area (Å²) in [5.74, 6) is 0.